The predicted molar refractivity (Wildman–Crippen MR) is 72.4 cm³/mol. The van der Waals surface area contributed by atoms with Gasteiger partial charge in [-0.1, -0.05) is 13.3 Å². The lowest BCUT2D eigenvalue weighted by atomic mass is 10.2. The maximum absolute atomic E-state index is 13.2. The van der Waals surface area contributed by atoms with Gasteiger partial charge < -0.3 is 4.74 Å². The van der Waals surface area contributed by atoms with Crippen LogP contribution in [0, 0.1) is 15.9 Å². The molecule has 0 fully saturated rings. The van der Waals surface area contributed by atoms with Crippen LogP contribution in [0.3, 0.4) is 0 Å². The molecule has 7 nitrogen and oxygen atoms in total. The van der Waals surface area contributed by atoms with Crippen molar-refractivity contribution in [2.75, 3.05) is 0 Å². The minimum atomic E-state index is -0.995. The van der Waals surface area contributed by atoms with Crippen molar-refractivity contribution >= 4 is 27.5 Å². The molecule has 1 atom stereocenters. The first kappa shape index (κ1) is 16.3. The van der Waals surface area contributed by atoms with Gasteiger partial charge in [0.15, 0.2) is 6.10 Å². The molecule has 20 heavy (non-hydrogen) atoms. The number of nitrogens with zero attached hydrogens (tertiary/aromatic N) is 1. The molecule has 1 aromatic carbocycles. The van der Waals surface area contributed by atoms with Gasteiger partial charge in [0.25, 0.3) is 5.91 Å². The van der Waals surface area contributed by atoms with E-state index in [2.05, 4.69) is 15.9 Å². The van der Waals surface area contributed by atoms with Crippen molar-refractivity contribution in [3.63, 3.8) is 0 Å². The summed E-state index contributed by atoms with van der Waals surface area (Å²) in [5, 5.41) is 10.9. The molecule has 110 valence electrons. The number of hydrazine groups is 1. The van der Waals surface area contributed by atoms with E-state index in [1.165, 1.54) is 0 Å². The smallest absolute Gasteiger partial charge is 0.315 e. The Balaban J connectivity index is 3.17. The number of nitro benzene ring substituents is 1. The molecule has 1 rings (SSSR count). The molecular formula is C11H13BrFN3O4. The third-order valence-corrected chi connectivity index (χ3v) is 3.02. The fourth-order valence-corrected chi connectivity index (χ4v) is 2.06. The number of carbonyl (C=O) groups excluding carboxylic acids is 1. The molecule has 0 heterocycles. The van der Waals surface area contributed by atoms with E-state index in [1.807, 2.05) is 12.3 Å². The maximum Gasteiger partial charge on any atom is 0.315 e. The number of nitro groups is 1. The van der Waals surface area contributed by atoms with Gasteiger partial charge in [-0.3, -0.25) is 20.3 Å². The summed E-state index contributed by atoms with van der Waals surface area (Å²) in [5.74, 6) is 3.42. The standard InChI is InChI=1S/C11H13BrFN3O4/c1-2-3-9(11(17)15-14)20-10-7(12)4-6(13)5-8(10)16(18)19/h4-5,9H,2-3,14H2,1H3,(H,15,17). The van der Waals surface area contributed by atoms with Crippen LogP contribution in [0.4, 0.5) is 10.1 Å². The van der Waals surface area contributed by atoms with Crippen molar-refractivity contribution < 1.29 is 18.8 Å². The Hall–Kier alpha value is -1.74. The lowest BCUT2D eigenvalue weighted by Crippen LogP contribution is -2.42. The van der Waals surface area contributed by atoms with Gasteiger partial charge in [-0.25, -0.2) is 10.2 Å². The molecular weight excluding hydrogens is 337 g/mol. The Morgan fingerprint density at radius 3 is 2.80 bits per heavy atom. The van der Waals surface area contributed by atoms with Gasteiger partial charge in [-0.15, -0.1) is 0 Å². The van der Waals surface area contributed by atoms with Gasteiger partial charge in [0.2, 0.25) is 5.75 Å². The topological polar surface area (TPSA) is 107 Å². The second kappa shape index (κ2) is 7.15. The SMILES string of the molecule is CCCC(Oc1c(Br)cc(F)cc1[N+](=O)[O-])C(=O)NN. The quantitative estimate of drug-likeness (QED) is 0.353. The molecule has 0 aromatic heterocycles. The van der Waals surface area contributed by atoms with Crippen molar-refractivity contribution in [1.82, 2.24) is 5.43 Å². The molecule has 0 aliphatic heterocycles. The number of hydrogen-bond acceptors (Lipinski definition) is 5. The fourth-order valence-electron chi connectivity index (χ4n) is 1.54. The van der Waals surface area contributed by atoms with E-state index in [0.717, 1.165) is 12.1 Å². The molecule has 0 bridgehead atoms. The molecule has 0 saturated carbocycles. The summed E-state index contributed by atoms with van der Waals surface area (Å²) in [7, 11) is 0. The van der Waals surface area contributed by atoms with Crippen LogP contribution in [0.15, 0.2) is 16.6 Å². The normalized spacial score (nSPS) is 11.8. The number of nitrogens with one attached hydrogen (secondary N) is 1. The van der Waals surface area contributed by atoms with Crippen LogP contribution in [0.2, 0.25) is 0 Å². The second-order valence-corrected chi connectivity index (χ2v) is 4.75. The Morgan fingerprint density at radius 2 is 2.30 bits per heavy atom. The van der Waals surface area contributed by atoms with Crippen LogP contribution >= 0.6 is 15.9 Å². The second-order valence-electron chi connectivity index (χ2n) is 3.90. The summed E-state index contributed by atoms with van der Waals surface area (Å²) in [4.78, 5) is 21.7. The highest BCUT2D eigenvalue weighted by Gasteiger charge is 2.26. The summed E-state index contributed by atoms with van der Waals surface area (Å²) in [6, 6.07) is 1.75. The average Bonchev–Trinajstić information content (AvgIpc) is 2.39. The molecule has 0 aliphatic rings. The summed E-state index contributed by atoms with van der Waals surface area (Å²) in [6.45, 7) is 1.81. The fraction of sp³-hybridized carbons (Fsp3) is 0.364. The van der Waals surface area contributed by atoms with E-state index in [1.54, 1.807) is 0 Å². The summed E-state index contributed by atoms with van der Waals surface area (Å²) >= 11 is 2.98. The molecule has 3 N–H and O–H groups in total. The van der Waals surface area contributed by atoms with Crippen molar-refractivity contribution in [1.29, 1.82) is 0 Å². The molecule has 1 unspecified atom stereocenters. The van der Waals surface area contributed by atoms with Crippen LogP contribution < -0.4 is 16.0 Å². The maximum atomic E-state index is 13.2. The van der Waals surface area contributed by atoms with Crippen molar-refractivity contribution in [2.24, 2.45) is 5.84 Å². The first-order chi connectivity index (χ1) is 9.40. The summed E-state index contributed by atoms with van der Waals surface area (Å²) in [6.07, 6.45) is -0.0835. The van der Waals surface area contributed by atoms with Crippen LogP contribution in [0.5, 0.6) is 5.75 Å². The third-order valence-electron chi connectivity index (χ3n) is 2.43. The molecule has 1 aromatic rings. The van der Waals surface area contributed by atoms with Crippen molar-refractivity contribution in [3.8, 4) is 5.75 Å². The van der Waals surface area contributed by atoms with Gasteiger partial charge >= 0.3 is 5.69 Å². The van der Waals surface area contributed by atoms with Crippen LogP contribution in [-0.2, 0) is 4.79 Å². The van der Waals surface area contributed by atoms with E-state index in [0.29, 0.717) is 12.8 Å². The number of ether oxygens (including phenoxy) is 1. The predicted octanol–water partition coefficient (Wildman–Crippen LogP) is 2.03. The Bertz CT molecular complexity index is 527. The van der Waals surface area contributed by atoms with Crippen LogP contribution in [-0.4, -0.2) is 16.9 Å². The highest BCUT2D eigenvalue weighted by atomic mass is 79.9. The molecule has 1 amide bonds. The van der Waals surface area contributed by atoms with Crippen LogP contribution in [0.25, 0.3) is 0 Å². The first-order valence-electron chi connectivity index (χ1n) is 5.71. The van der Waals surface area contributed by atoms with E-state index >= 15 is 0 Å². The number of benzene rings is 1. The van der Waals surface area contributed by atoms with Crippen molar-refractivity contribution in [3.05, 3.63) is 32.5 Å². The van der Waals surface area contributed by atoms with Gasteiger partial charge in [0.05, 0.1) is 15.5 Å². The molecule has 0 radical (unpaired) electrons. The number of hydrogen-bond donors (Lipinski definition) is 2. The number of carbonyl (C=O) groups is 1. The Kier molecular flexibility index (Phi) is 5.83. The molecule has 0 aliphatic carbocycles. The summed E-state index contributed by atoms with van der Waals surface area (Å²) in [5.41, 5.74) is 1.36. The molecule has 0 saturated heterocycles. The third kappa shape index (κ3) is 3.87. The molecule has 9 heteroatoms. The first-order valence-corrected chi connectivity index (χ1v) is 6.50. The van der Waals surface area contributed by atoms with Crippen molar-refractivity contribution in [2.45, 2.75) is 25.9 Å². The highest BCUT2D eigenvalue weighted by Crippen LogP contribution is 2.37. The Labute approximate surface area is 122 Å². The van der Waals surface area contributed by atoms with Gasteiger partial charge in [0, 0.05) is 0 Å². The van der Waals surface area contributed by atoms with E-state index in [4.69, 9.17) is 10.6 Å². The van der Waals surface area contributed by atoms with E-state index in [9.17, 15) is 19.3 Å². The van der Waals surface area contributed by atoms with E-state index < -0.39 is 28.4 Å². The monoisotopic (exact) mass is 349 g/mol. The van der Waals surface area contributed by atoms with Gasteiger partial charge in [0.1, 0.15) is 5.82 Å². The average molecular weight is 350 g/mol. The number of amides is 1. The lowest BCUT2D eigenvalue weighted by molar-refractivity contribution is -0.386. The van der Waals surface area contributed by atoms with Gasteiger partial charge in [-0.05, 0) is 28.4 Å². The number of nitrogens with two attached hydrogens (primary N) is 1. The highest BCUT2D eigenvalue weighted by molar-refractivity contribution is 9.10. The minimum Gasteiger partial charge on any atom is -0.473 e. The Morgan fingerprint density at radius 1 is 1.65 bits per heavy atom. The van der Waals surface area contributed by atoms with E-state index in [-0.39, 0.29) is 10.2 Å². The zero-order valence-electron chi connectivity index (χ0n) is 10.6. The number of halogens is 2. The zero-order chi connectivity index (χ0) is 15.3. The number of rotatable bonds is 6. The molecule has 0 spiro atoms. The minimum absolute atomic E-state index is 0.0510. The largest absolute Gasteiger partial charge is 0.473 e. The lowest BCUT2D eigenvalue weighted by Gasteiger charge is -2.17. The zero-order valence-corrected chi connectivity index (χ0v) is 12.1. The van der Waals surface area contributed by atoms with Crippen LogP contribution in [0.1, 0.15) is 19.8 Å². The van der Waals surface area contributed by atoms with Gasteiger partial charge in [-0.2, -0.15) is 0 Å². The summed E-state index contributed by atoms with van der Waals surface area (Å²) < 4.78 is 18.6.